The lowest BCUT2D eigenvalue weighted by molar-refractivity contribution is 0.242. The van der Waals surface area contributed by atoms with E-state index in [1.54, 1.807) is 19.2 Å². The molecular weight excluding hydrogens is 410 g/mol. The standard InChI is InChI=1S/C22H20ClNO4S/c1-13-6-9-19-20(21(13)27-2)17-8-7-14(12-29(24,25)26)10-18(17)22(28-19)15-4-3-5-16(23)11-15/h3-11,22H,12H2,1-2H3,(H2,24,25,26). The minimum absolute atomic E-state index is 0.250. The highest BCUT2D eigenvalue weighted by atomic mass is 35.5. The Morgan fingerprint density at radius 3 is 2.62 bits per heavy atom. The van der Waals surface area contributed by atoms with Gasteiger partial charge in [0.25, 0.3) is 0 Å². The highest BCUT2D eigenvalue weighted by molar-refractivity contribution is 7.88. The maximum absolute atomic E-state index is 11.6. The van der Waals surface area contributed by atoms with Crippen LogP contribution in [0.1, 0.15) is 28.4 Å². The molecule has 0 fully saturated rings. The van der Waals surface area contributed by atoms with Crippen molar-refractivity contribution in [3.63, 3.8) is 0 Å². The van der Waals surface area contributed by atoms with Gasteiger partial charge in [-0.25, -0.2) is 13.6 Å². The number of ether oxygens (including phenoxy) is 2. The number of fused-ring (bicyclic) bond motifs is 3. The molecule has 3 aromatic carbocycles. The van der Waals surface area contributed by atoms with Gasteiger partial charge in [-0.05, 0) is 47.4 Å². The van der Waals surface area contributed by atoms with Gasteiger partial charge in [0.15, 0.2) is 0 Å². The predicted molar refractivity (Wildman–Crippen MR) is 114 cm³/mol. The third-order valence-corrected chi connectivity index (χ3v) is 5.92. The van der Waals surface area contributed by atoms with Crippen molar-refractivity contribution in [3.8, 4) is 22.6 Å². The molecular formula is C22H20ClNO4S. The highest BCUT2D eigenvalue weighted by Crippen LogP contribution is 2.50. The number of nitrogens with two attached hydrogens (primary N) is 1. The molecule has 1 aliphatic rings. The number of hydrogen-bond donors (Lipinski definition) is 1. The molecule has 150 valence electrons. The van der Waals surface area contributed by atoms with Gasteiger partial charge in [-0.3, -0.25) is 0 Å². The lowest BCUT2D eigenvalue weighted by Crippen LogP contribution is -2.18. The van der Waals surface area contributed by atoms with Crippen molar-refractivity contribution < 1.29 is 17.9 Å². The van der Waals surface area contributed by atoms with Gasteiger partial charge < -0.3 is 9.47 Å². The molecule has 1 unspecified atom stereocenters. The monoisotopic (exact) mass is 429 g/mol. The normalized spacial score (nSPS) is 15.2. The molecule has 1 heterocycles. The maximum atomic E-state index is 11.6. The largest absolute Gasteiger partial charge is 0.496 e. The van der Waals surface area contributed by atoms with Crippen LogP contribution in [0.3, 0.4) is 0 Å². The summed E-state index contributed by atoms with van der Waals surface area (Å²) in [5, 5.41) is 5.85. The molecule has 0 saturated heterocycles. The van der Waals surface area contributed by atoms with Crippen molar-refractivity contribution in [2.75, 3.05) is 7.11 Å². The molecule has 7 heteroatoms. The third kappa shape index (κ3) is 3.83. The van der Waals surface area contributed by atoms with E-state index in [1.807, 2.05) is 49.4 Å². The van der Waals surface area contributed by atoms with Crippen molar-refractivity contribution >= 4 is 21.6 Å². The molecule has 29 heavy (non-hydrogen) atoms. The smallest absolute Gasteiger partial charge is 0.213 e. The van der Waals surface area contributed by atoms with Crippen LogP contribution in [0, 0.1) is 6.92 Å². The van der Waals surface area contributed by atoms with Crippen LogP contribution < -0.4 is 14.6 Å². The maximum Gasteiger partial charge on any atom is 0.213 e. The first-order valence-electron chi connectivity index (χ1n) is 9.00. The van der Waals surface area contributed by atoms with E-state index in [1.165, 1.54) is 0 Å². The van der Waals surface area contributed by atoms with Crippen LogP contribution in [0.15, 0.2) is 54.6 Å². The second-order valence-corrected chi connectivity index (χ2v) is 9.12. The Labute approximate surface area is 175 Å². The van der Waals surface area contributed by atoms with Gasteiger partial charge in [-0.2, -0.15) is 0 Å². The molecule has 2 N–H and O–H groups in total. The van der Waals surface area contributed by atoms with Crippen LogP contribution in [-0.2, 0) is 15.8 Å². The summed E-state index contributed by atoms with van der Waals surface area (Å²) in [4.78, 5) is 0. The summed E-state index contributed by atoms with van der Waals surface area (Å²) in [6.45, 7) is 1.97. The molecule has 0 bridgehead atoms. The molecule has 0 aromatic heterocycles. The number of benzene rings is 3. The number of methoxy groups -OCH3 is 1. The summed E-state index contributed by atoms with van der Waals surface area (Å²) in [7, 11) is -2.03. The Kier molecular flexibility index (Phi) is 5.02. The zero-order chi connectivity index (χ0) is 20.8. The molecule has 0 radical (unpaired) electrons. The molecule has 5 nitrogen and oxygen atoms in total. The summed E-state index contributed by atoms with van der Waals surface area (Å²) in [5.74, 6) is 1.18. The first-order chi connectivity index (χ1) is 13.8. The average molecular weight is 430 g/mol. The molecule has 0 amide bonds. The Morgan fingerprint density at radius 2 is 1.93 bits per heavy atom. The number of primary sulfonamides is 1. The first kappa shape index (κ1) is 19.8. The van der Waals surface area contributed by atoms with Crippen molar-refractivity contribution in [1.29, 1.82) is 0 Å². The van der Waals surface area contributed by atoms with Gasteiger partial charge in [0.2, 0.25) is 10.0 Å². The van der Waals surface area contributed by atoms with Gasteiger partial charge >= 0.3 is 0 Å². The molecule has 0 spiro atoms. The van der Waals surface area contributed by atoms with E-state index >= 15 is 0 Å². The summed E-state index contributed by atoms with van der Waals surface area (Å²) >= 11 is 6.21. The molecule has 3 aromatic rings. The predicted octanol–water partition coefficient (Wildman–Crippen LogP) is 4.59. The fraction of sp³-hybridized carbons (Fsp3) is 0.182. The number of rotatable bonds is 4. The second-order valence-electron chi connectivity index (χ2n) is 7.07. The number of sulfonamides is 1. The summed E-state index contributed by atoms with van der Waals surface area (Å²) in [6.07, 6.45) is -0.441. The van der Waals surface area contributed by atoms with Crippen LogP contribution in [-0.4, -0.2) is 15.5 Å². The van der Waals surface area contributed by atoms with E-state index in [0.717, 1.165) is 33.6 Å². The topological polar surface area (TPSA) is 78.6 Å². The molecule has 4 rings (SSSR count). The van der Waals surface area contributed by atoms with Crippen molar-refractivity contribution in [1.82, 2.24) is 0 Å². The summed E-state index contributed by atoms with van der Waals surface area (Å²) < 4.78 is 35.3. The number of aryl methyl sites for hydroxylation is 1. The SMILES string of the molecule is COc1c(C)ccc2c1-c1ccc(CS(N)(=O)=O)cc1C(c1cccc(Cl)c1)O2. The van der Waals surface area contributed by atoms with Crippen molar-refractivity contribution in [3.05, 3.63) is 81.9 Å². The lowest BCUT2D eigenvalue weighted by atomic mass is 9.87. The van der Waals surface area contributed by atoms with Crippen LogP contribution in [0.25, 0.3) is 11.1 Å². The Bertz CT molecular complexity index is 1210. The Morgan fingerprint density at radius 1 is 1.14 bits per heavy atom. The third-order valence-electron chi connectivity index (χ3n) is 4.95. The van der Waals surface area contributed by atoms with E-state index in [4.69, 9.17) is 26.2 Å². The van der Waals surface area contributed by atoms with Crippen LogP contribution in [0.5, 0.6) is 11.5 Å². The van der Waals surface area contributed by atoms with Gasteiger partial charge in [0.05, 0.1) is 18.4 Å². The average Bonchev–Trinajstić information content (AvgIpc) is 2.66. The van der Waals surface area contributed by atoms with Gasteiger partial charge in [0.1, 0.15) is 17.6 Å². The molecule has 1 atom stereocenters. The number of hydrogen-bond acceptors (Lipinski definition) is 4. The number of halogens is 1. The van der Waals surface area contributed by atoms with Crippen LogP contribution in [0.4, 0.5) is 0 Å². The van der Waals surface area contributed by atoms with Crippen LogP contribution in [0.2, 0.25) is 5.02 Å². The molecule has 0 saturated carbocycles. The molecule has 0 aliphatic carbocycles. The van der Waals surface area contributed by atoms with E-state index in [0.29, 0.717) is 16.3 Å². The quantitative estimate of drug-likeness (QED) is 0.657. The highest BCUT2D eigenvalue weighted by Gasteiger charge is 2.31. The minimum Gasteiger partial charge on any atom is -0.496 e. The van der Waals surface area contributed by atoms with E-state index in [2.05, 4.69) is 0 Å². The van der Waals surface area contributed by atoms with Crippen molar-refractivity contribution in [2.24, 2.45) is 5.14 Å². The minimum atomic E-state index is -3.66. The van der Waals surface area contributed by atoms with E-state index < -0.39 is 16.1 Å². The zero-order valence-electron chi connectivity index (χ0n) is 16.0. The van der Waals surface area contributed by atoms with Crippen LogP contribution >= 0.6 is 11.6 Å². The van der Waals surface area contributed by atoms with Gasteiger partial charge in [-0.1, -0.05) is 48.0 Å². The van der Waals surface area contributed by atoms with Gasteiger partial charge in [-0.15, -0.1) is 0 Å². The van der Waals surface area contributed by atoms with E-state index in [9.17, 15) is 8.42 Å². The lowest BCUT2D eigenvalue weighted by Gasteiger charge is -2.31. The summed E-state index contributed by atoms with van der Waals surface area (Å²) in [6, 6.07) is 16.8. The second kappa shape index (κ2) is 7.37. The Balaban J connectivity index is 1.96. The fourth-order valence-electron chi connectivity index (χ4n) is 3.77. The fourth-order valence-corrected chi connectivity index (χ4v) is 4.61. The summed E-state index contributed by atoms with van der Waals surface area (Å²) in [5.41, 5.74) is 5.06. The molecule has 1 aliphatic heterocycles. The van der Waals surface area contributed by atoms with Gasteiger partial charge in [0, 0.05) is 10.6 Å². The zero-order valence-corrected chi connectivity index (χ0v) is 17.5. The Hall–Kier alpha value is -2.54. The van der Waals surface area contributed by atoms with E-state index in [-0.39, 0.29) is 5.75 Å². The van der Waals surface area contributed by atoms with Crippen molar-refractivity contribution in [2.45, 2.75) is 18.8 Å². The first-order valence-corrected chi connectivity index (χ1v) is 11.1.